The lowest BCUT2D eigenvalue weighted by atomic mass is 9.89. The molecule has 2 aromatic heterocycles. The van der Waals surface area contributed by atoms with Crippen LogP contribution in [0.2, 0.25) is 0 Å². The number of alkyl halides is 3. The third-order valence-corrected chi connectivity index (χ3v) is 8.63. The van der Waals surface area contributed by atoms with Crippen LogP contribution in [0.3, 0.4) is 0 Å². The number of hydrogen-bond acceptors (Lipinski definition) is 6. The van der Waals surface area contributed by atoms with E-state index in [1.807, 2.05) is 0 Å². The van der Waals surface area contributed by atoms with Crippen LogP contribution in [0.4, 0.5) is 27.8 Å². The number of para-hydroxylation sites is 1. The summed E-state index contributed by atoms with van der Waals surface area (Å²) in [6.07, 6.45) is -4.38. The van der Waals surface area contributed by atoms with Crippen LogP contribution >= 0.6 is 0 Å². The smallest absolute Gasteiger partial charge is 0.355 e. The highest BCUT2D eigenvalue weighted by Crippen LogP contribution is 2.55. The second kappa shape index (κ2) is 11.3. The molecule has 3 heterocycles. The molecule has 2 aromatic carbocycles. The van der Waals surface area contributed by atoms with Crippen molar-refractivity contribution >= 4 is 22.8 Å². The van der Waals surface area contributed by atoms with E-state index in [-0.39, 0.29) is 66.5 Å². The predicted molar refractivity (Wildman–Crippen MR) is 158 cm³/mol. The van der Waals surface area contributed by atoms with Crippen LogP contribution in [0.5, 0.6) is 5.75 Å². The van der Waals surface area contributed by atoms with E-state index in [0.29, 0.717) is 0 Å². The summed E-state index contributed by atoms with van der Waals surface area (Å²) in [6.45, 7) is 6.00. The molecule has 1 aliphatic heterocycles. The number of carbonyl (C=O) groups is 1. The summed E-state index contributed by atoms with van der Waals surface area (Å²) in [7, 11) is 0. The minimum absolute atomic E-state index is 0.0182. The van der Waals surface area contributed by atoms with Crippen LogP contribution in [-0.4, -0.2) is 68.7 Å². The number of amides is 1. The number of hydrogen-bond donors (Lipinski definition) is 1. The quantitative estimate of drug-likeness (QED) is 0.222. The molecule has 1 saturated carbocycles. The van der Waals surface area contributed by atoms with Crippen molar-refractivity contribution in [3.05, 3.63) is 88.9 Å². The molecule has 1 saturated heterocycles. The van der Waals surface area contributed by atoms with Gasteiger partial charge in [-0.2, -0.15) is 4.98 Å². The van der Waals surface area contributed by atoms with Crippen LogP contribution in [0, 0.1) is 11.6 Å². The van der Waals surface area contributed by atoms with Gasteiger partial charge >= 0.3 is 5.69 Å². The van der Waals surface area contributed by atoms with Gasteiger partial charge in [0.2, 0.25) is 5.91 Å². The number of piperazine rings is 1. The molecule has 1 unspecified atom stereocenters. The van der Waals surface area contributed by atoms with Crippen LogP contribution in [0.25, 0.3) is 28.0 Å². The largest absolute Gasteiger partial charge is 0.507 e. The monoisotopic (exact) mass is 625 g/mol. The van der Waals surface area contributed by atoms with Gasteiger partial charge in [0.1, 0.15) is 23.1 Å². The van der Waals surface area contributed by atoms with Crippen LogP contribution in [-0.2, 0) is 10.2 Å². The van der Waals surface area contributed by atoms with Gasteiger partial charge < -0.3 is 14.9 Å². The van der Waals surface area contributed by atoms with Crippen LogP contribution < -0.4 is 10.6 Å². The Morgan fingerprint density at radius 2 is 1.80 bits per heavy atom. The Labute approximate surface area is 254 Å². The number of pyridine rings is 1. The van der Waals surface area contributed by atoms with E-state index >= 15 is 8.78 Å². The van der Waals surface area contributed by atoms with Crippen molar-refractivity contribution in [2.75, 3.05) is 24.5 Å². The molecule has 2 atom stereocenters. The SMILES string of the molecule is C=CC(=O)N1CCN(c2nc(=O)n(-c3ccccc3C3(C(F)C(F)F)CC3)c3nc(-c4c(O)cccc4F)c(F)cc23)[C@@H](C)C1. The highest BCUT2D eigenvalue weighted by atomic mass is 19.3. The molecule has 0 bridgehead atoms. The van der Waals surface area contributed by atoms with Gasteiger partial charge in [-0.25, -0.2) is 36.3 Å². The van der Waals surface area contributed by atoms with Crippen molar-refractivity contribution < 1.29 is 31.9 Å². The van der Waals surface area contributed by atoms with Gasteiger partial charge in [-0.15, -0.1) is 0 Å². The van der Waals surface area contributed by atoms with Crippen molar-refractivity contribution in [3.8, 4) is 22.7 Å². The van der Waals surface area contributed by atoms with Crippen molar-refractivity contribution in [2.45, 2.75) is 43.8 Å². The van der Waals surface area contributed by atoms with E-state index in [9.17, 15) is 27.9 Å². The molecule has 2 aliphatic rings. The Hall–Kier alpha value is -4.81. The molecule has 1 amide bonds. The normalized spacial score (nSPS) is 18.3. The summed E-state index contributed by atoms with van der Waals surface area (Å²) in [6, 6.07) is 9.96. The number of anilines is 1. The number of carbonyl (C=O) groups excluding carboxylic acids is 1. The highest BCUT2D eigenvalue weighted by Gasteiger charge is 2.56. The average Bonchev–Trinajstić information content (AvgIpc) is 3.82. The van der Waals surface area contributed by atoms with Crippen molar-refractivity contribution in [3.63, 3.8) is 0 Å². The van der Waals surface area contributed by atoms with Crippen molar-refractivity contribution in [1.29, 1.82) is 0 Å². The number of benzene rings is 2. The first-order valence-electron chi connectivity index (χ1n) is 14.3. The van der Waals surface area contributed by atoms with Gasteiger partial charge in [0.05, 0.1) is 16.6 Å². The molecule has 0 radical (unpaired) electrons. The van der Waals surface area contributed by atoms with E-state index < -0.39 is 58.4 Å². The molecular formula is C32H28F5N5O3. The van der Waals surface area contributed by atoms with Gasteiger partial charge in [-0.05, 0) is 55.7 Å². The van der Waals surface area contributed by atoms with Gasteiger partial charge in [-0.1, -0.05) is 30.8 Å². The predicted octanol–water partition coefficient (Wildman–Crippen LogP) is 5.29. The summed E-state index contributed by atoms with van der Waals surface area (Å²) in [4.78, 5) is 38.1. The number of aromatic hydroxyl groups is 1. The first-order valence-corrected chi connectivity index (χ1v) is 14.3. The second-order valence-electron chi connectivity index (χ2n) is 11.3. The number of aromatic nitrogens is 3. The third kappa shape index (κ3) is 4.99. The van der Waals surface area contributed by atoms with Gasteiger partial charge in [0.15, 0.2) is 17.6 Å². The maximum absolute atomic E-state index is 15.9. The van der Waals surface area contributed by atoms with Crippen molar-refractivity contribution in [2.24, 2.45) is 0 Å². The molecule has 1 N–H and O–H groups in total. The standard InChI is InChI=1S/C32H28F5N5O3/c1-3-24(44)40-13-14-41(17(2)16-40)29-18-15-21(34)26(25-20(33)8-6-10-23(25)43)38-30(18)42(31(45)39-29)22-9-5-4-7-19(22)32(11-12-32)27(35)28(36)37/h3-10,15,17,27-28,43H,1,11-14,16H2,2H3/t17-,27?/m0/s1. The van der Waals surface area contributed by atoms with E-state index in [4.69, 9.17) is 0 Å². The Kier molecular flexibility index (Phi) is 7.58. The lowest BCUT2D eigenvalue weighted by Crippen LogP contribution is -2.54. The second-order valence-corrected chi connectivity index (χ2v) is 11.3. The summed E-state index contributed by atoms with van der Waals surface area (Å²) in [5.74, 6) is -2.85. The Balaban J connectivity index is 1.62. The zero-order valence-corrected chi connectivity index (χ0v) is 24.1. The molecule has 8 nitrogen and oxygen atoms in total. The first kappa shape index (κ1) is 30.2. The number of phenolic OH excluding ortho intramolecular Hbond substituents is 1. The van der Waals surface area contributed by atoms with E-state index in [0.717, 1.165) is 22.8 Å². The minimum atomic E-state index is -3.27. The molecule has 1 aliphatic carbocycles. The van der Waals surface area contributed by atoms with Crippen LogP contribution in [0.1, 0.15) is 25.3 Å². The fourth-order valence-corrected chi connectivity index (χ4v) is 6.22. The Morgan fingerprint density at radius 3 is 2.44 bits per heavy atom. The lowest BCUT2D eigenvalue weighted by molar-refractivity contribution is -0.126. The zero-order chi connectivity index (χ0) is 32.2. The van der Waals surface area contributed by atoms with Gasteiger partial charge in [0.25, 0.3) is 6.43 Å². The summed E-state index contributed by atoms with van der Waals surface area (Å²) in [5.41, 5.74) is -3.71. The number of phenols is 1. The average molecular weight is 626 g/mol. The van der Waals surface area contributed by atoms with Crippen LogP contribution in [0.15, 0.2) is 66.0 Å². The maximum Gasteiger partial charge on any atom is 0.355 e. The molecular weight excluding hydrogens is 597 g/mol. The molecule has 2 fully saturated rings. The third-order valence-electron chi connectivity index (χ3n) is 8.63. The Morgan fingerprint density at radius 1 is 1.07 bits per heavy atom. The van der Waals surface area contributed by atoms with Gasteiger partial charge in [-0.3, -0.25) is 4.79 Å². The molecule has 13 heteroatoms. The number of halogens is 5. The lowest BCUT2D eigenvalue weighted by Gasteiger charge is -2.40. The highest BCUT2D eigenvalue weighted by molar-refractivity contribution is 5.91. The molecule has 6 rings (SSSR count). The fourth-order valence-electron chi connectivity index (χ4n) is 6.22. The molecule has 45 heavy (non-hydrogen) atoms. The summed E-state index contributed by atoms with van der Waals surface area (Å²) < 4.78 is 74.2. The van der Waals surface area contributed by atoms with Gasteiger partial charge in [0, 0.05) is 31.1 Å². The van der Waals surface area contributed by atoms with E-state index in [2.05, 4.69) is 16.5 Å². The van der Waals surface area contributed by atoms with Crippen molar-refractivity contribution in [1.82, 2.24) is 19.4 Å². The van der Waals surface area contributed by atoms with E-state index in [1.54, 1.807) is 16.7 Å². The summed E-state index contributed by atoms with van der Waals surface area (Å²) >= 11 is 0. The molecule has 234 valence electrons. The van der Waals surface area contributed by atoms with E-state index in [1.165, 1.54) is 36.4 Å². The number of nitrogens with zero attached hydrogens (tertiary/aromatic N) is 5. The number of fused-ring (bicyclic) bond motifs is 1. The maximum atomic E-state index is 15.9. The zero-order valence-electron chi connectivity index (χ0n) is 24.1. The molecule has 4 aromatic rings. The number of rotatable bonds is 7. The fraction of sp³-hybridized carbons (Fsp3) is 0.312. The summed E-state index contributed by atoms with van der Waals surface area (Å²) in [5, 5.41) is 10.5. The minimum Gasteiger partial charge on any atom is -0.507 e. The topological polar surface area (TPSA) is 91.6 Å². The first-order chi connectivity index (χ1) is 21.5. The molecule has 0 spiro atoms. The Bertz CT molecular complexity index is 1870.